The second-order valence-electron chi connectivity index (χ2n) is 4.17. The minimum Gasteiger partial charge on any atom is -0.476 e. The van der Waals surface area contributed by atoms with Gasteiger partial charge >= 0.3 is 0 Å². The smallest absolute Gasteiger partial charge is 0.222 e. The van der Waals surface area contributed by atoms with E-state index in [2.05, 4.69) is 10.3 Å². The molecule has 5 heteroatoms. The topological polar surface area (TPSA) is 43.4 Å². The third-order valence-electron chi connectivity index (χ3n) is 2.80. The standard InChI is InChI=1S/C14H13ClN2O2/c15-11-3-1-2-4-12(11)19-13-6-5-10-9-16-7-8-18-14(10)17-13/h1-6,16H,7-9H2. The van der Waals surface area contributed by atoms with Crippen molar-refractivity contribution in [3.05, 3.63) is 47.0 Å². The van der Waals surface area contributed by atoms with Crippen LogP contribution >= 0.6 is 11.6 Å². The number of ether oxygens (including phenoxy) is 2. The first-order valence-corrected chi connectivity index (χ1v) is 6.46. The van der Waals surface area contributed by atoms with Gasteiger partial charge in [0, 0.05) is 24.7 Å². The van der Waals surface area contributed by atoms with E-state index in [1.165, 1.54) is 0 Å². The van der Waals surface area contributed by atoms with Crippen LogP contribution in [0.2, 0.25) is 5.02 Å². The Balaban J connectivity index is 1.86. The van der Waals surface area contributed by atoms with Crippen LogP contribution in [0.5, 0.6) is 17.5 Å². The number of rotatable bonds is 2. The van der Waals surface area contributed by atoms with Crippen LogP contribution in [0.4, 0.5) is 0 Å². The minimum atomic E-state index is 0.480. The molecule has 0 spiro atoms. The van der Waals surface area contributed by atoms with E-state index >= 15 is 0 Å². The van der Waals surface area contributed by atoms with Crippen LogP contribution in [-0.4, -0.2) is 18.1 Å². The molecule has 0 atom stereocenters. The van der Waals surface area contributed by atoms with E-state index in [1.807, 2.05) is 24.3 Å². The summed E-state index contributed by atoms with van der Waals surface area (Å²) in [6.45, 7) is 2.18. The molecular formula is C14H13ClN2O2. The van der Waals surface area contributed by atoms with Crippen molar-refractivity contribution in [2.45, 2.75) is 6.54 Å². The highest BCUT2D eigenvalue weighted by molar-refractivity contribution is 6.32. The van der Waals surface area contributed by atoms with Gasteiger partial charge in [-0.15, -0.1) is 0 Å². The highest BCUT2D eigenvalue weighted by atomic mass is 35.5. The van der Waals surface area contributed by atoms with E-state index in [0.29, 0.717) is 29.1 Å². The van der Waals surface area contributed by atoms with Crippen LogP contribution in [0.3, 0.4) is 0 Å². The molecule has 3 rings (SSSR count). The van der Waals surface area contributed by atoms with Gasteiger partial charge in [0.1, 0.15) is 12.4 Å². The molecule has 2 heterocycles. The summed E-state index contributed by atoms with van der Waals surface area (Å²) in [6, 6.07) is 11.1. The van der Waals surface area contributed by atoms with Gasteiger partial charge in [0.2, 0.25) is 11.8 Å². The summed E-state index contributed by atoms with van der Waals surface area (Å²) in [5, 5.41) is 3.81. The molecule has 1 aromatic carbocycles. The van der Waals surface area contributed by atoms with Crippen molar-refractivity contribution in [3.63, 3.8) is 0 Å². The summed E-state index contributed by atoms with van der Waals surface area (Å²) in [5.41, 5.74) is 1.03. The average Bonchev–Trinajstić information content (AvgIpc) is 2.66. The van der Waals surface area contributed by atoms with Gasteiger partial charge in [-0.1, -0.05) is 23.7 Å². The molecular weight excluding hydrogens is 264 g/mol. The van der Waals surface area contributed by atoms with Gasteiger partial charge in [-0.05, 0) is 18.2 Å². The molecule has 0 amide bonds. The Morgan fingerprint density at radius 1 is 1.21 bits per heavy atom. The fourth-order valence-electron chi connectivity index (χ4n) is 1.85. The first-order valence-electron chi connectivity index (χ1n) is 6.09. The molecule has 0 unspecified atom stereocenters. The highest BCUT2D eigenvalue weighted by Crippen LogP contribution is 2.29. The van der Waals surface area contributed by atoms with Crippen molar-refractivity contribution in [2.24, 2.45) is 0 Å². The Kier molecular flexibility index (Phi) is 3.53. The van der Waals surface area contributed by atoms with Gasteiger partial charge in [0.25, 0.3) is 0 Å². The van der Waals surface area contributed by atoms with Crippen LogP contribution in [0.1, 0.15) is 5.56 Å². The van der Waals surface area contributed by atoms with Crippen molar-refractivity contribution >= 4 is 11.6 Å². The minimum absolute atomic E-state index is 0.480. The number of pyridine rings is 1. The molecule has 2 aromatic rings. The second-order valence-corrected chi connectivity index (χ2v) is 4.58. The van der Waals surface area contributed by atoms with Crippen molar-refractivity contribution in [1.82, 2.24) is 10.3 Å². The molecule has 0 bridgehead atoms. The molecule has 1 aliphatic rings. The summed E-state index contributed by atoms with van der Waals surface area (Å²) >= 11 is 6.05. The zero-order valence-electron chi connectivity index (χ0n) is 10.2. The number of hydrogen-bond acceptors (Lipinski definition) is 4. The van der Waals surface area contributed by atoms with Crippen molar-refractivity contribution in [2.75, 3.05) is 13.2 Å². The molecule has 1 N–H and O–H groups in total. The van der Waals surface area contributed by atoms with Crippen LogP contribution < -0.4 is 14.8 Å². The van der Waals surface area contributed by atoms with Gasteiger partial charge in [-0.3, -0.25) is 0 Å². The molecule has 1 aliphatic heterocycles. The Labute approximate surface area is 116 Å². The van der Waals surface area contributed by atoms with Gasteiger partial charge < -0.3 is 14.8 Å². The predicted molar refractivity (Wildman–Crippen MR) is 73.0 cm³/mol. The molecule has 4 nitrogen and oxygen atoms in total. The monoisotopic (exact) mass is 276 g/mol. The molecule has 0 radical (unpaired) electrons. The quantitative estimate of drug-likeness (QED) is 0.916. The number of halogens is 1. The predicted octanol–water partition coefficient (Wildman–Crippen LogP) is 3.01. The van der Waals surface area contributed by atoms with E-state index in [9.17, 15) is 0 Å². The fourth-order valence-corrected chi connectivity index (χ4v) is 2.03. The van der Waals surface area contributed by atoms with E-state index in [0.717, 1.165) is 18.7 Å². The van der Waals surface area contributed by atoms with Gasteiger partial charge in [0.15, 0.2) is 0 Å². The molecule has 0 aliphatic carbocycles. The molecule has 1 aromatic heterocycles. The van der Waals surface area contributed by atoms with E-state index in [4.69, 9.17) is 21.1 Å². The van der Waals surface area contributed by atoms with Crippen LogP contribution in [0, 0.1) is 0 Å². The third-order valence-corrected chi connectivity index (χ3v) is 3.11. The lowest BCUT2D eigenvalue weighted by Gasteiger charge is -2.09. The number of nitrogens with zero attached hydrogens (tertiary/aromatic N) is 1. The van der Waals surface area contributed by atoms with E-state index in [-0.39, 0.29) is 0 Å². The van der Waals surface area contributed by atoms with Gasteiger partial charge in [-0.25, -0.2) is 0 Å². The Morgan fingerprint density at radius 2 is 2.11 bits per heavy atom. The van der Waals surface area contributed by atoms with Gasteiger partial charge in [0.05, 0.1) is 5.02 Å². The Morgan fingerprint density at radius 3 is 3.00 bits per heavy atom. The molecule has 98 valence electrons. The maximum absolute atomic E-state index is 6.05. The Bertz CT molecular complexity index is 589. The summed E-state index contributed by atoms with van der Waals surface area (Å²) < 4.78 is 11.2. The van der Waals surface area contributed by atoms with E-state index < -0.39 is 0 Å². The number of nitrogens with one attached hydrogen (secondary N) is 1. The molecule has 0 saturated heterocycles. The summed E-state index contributed by atoms with van der Waals surface area (Å²) in [5.74, 6) is 1.69. The zero-order valence-corrected chi connectivity index (χ0v) is 11.0. The Hall–Kier alpha value is -1.78. The van der Waals surface area contributed by atoms with Crippen LogP contribution in [-0.2, 0) is 6.54 Å². The number of fused-ring (bicyclic) bond motifs is 1. The van der Waals surface area contributed by atoms with Crippen molar-refractivity contribution < 1.29 is 9.47 Å². The summed E-state index contributed by atoms with van der Waals surface area (Å²) in [7, 11) is 0. The average molecular weight is 277 g/mol. The van der Waals surface area contributed by atoms with Crippen LogP contribution in [0.25, 0.3) is 0 Å². The van der Waals surface area contributed by atoms with Crippen molar-refractivity contribution in [1.29, 1.82) is 0 Å². The number of benzene rings is 1. The first-order chi connectivity index (χ1) is 9.33. The second kappa shape index (κ2) is 5.47. The lowest BCUT2D eigenvalue weighted by atomic mass is 10.2. The number of para-hydroxylation sites is 1. The molecule has 0 saturated carbocycles. The largest absolute Gasteiger partial charge is 0.476 e. The first kappa shape index (κ1) is 12.3. The molecule has 19 heavy (non-hydrogen) atoms. The normalized spacial score (nSPS) is 14.2. The third kappa shape index (κ3) is 2.80. The summed E-state index contributed by atoms with van der Waals surface area (Å²) in [4.78, 5) is 4.37. The lowest BCUT2D eigenvalue weighted by Crippen LogP contribution is -2.16. The fraction of sp³-hybridized carbons (Fsp3) is 0.214. The van der Waals surface area contributed by atoms with Crippen molar-refractivity contribution in [3.8, 4) is 17.5 Å². The number of aromatic nitrogens is 1. The van der Waals surface area contributed by atoms with Crippen LogP contribution in [0.15, 0.2) is 36.4 Å². The van der Waals surface area contributed by atoms with E-state index in [1.54, 1.807) is 12.1 Å². The SMILES string of the molecule is Clc1ccccc1Oc1ccc2c(n1)OCCNC2. The summed E-state index contributed by atoms with van der Waals surface area (Å²) in [6.07, 6.45) is 0. The van der Waals surface area contributed by atoms with Gasteiger partial charge in [-0.2, -0.15) is 4.98 Å². The molecule has 0 fully saturated rings. The maximum Gasteiger partial charge on any atom is 0.222 e. The maximum atomic E-state index is 6.05. The highest BCUT2D eigenvalue weighted by Gasteiger charge is 2.12. The number of hydrogen-bond donors (Lipinski definition) is 1. The zero-order chi connectivity index (χ0) is 13.1. The lowest BCUT2D eigenvalue weighted by molar-refractivity contribution is 0.309.